The highest BCUT2D eigenvalue weighted by molar-refractivity contribution is 5.46. The molecule has 0 aromatic heterocycles. The molecular formula is C14H22O2. The van der Waals surface area contributed by atoms with Crippen LogP contribution in [0, 0.1) is 19.8 Å². The summed E-state index contributed by atoms with van der Waals surface area (Å²) in [4.78, 5) is 0. The first-order valence-corrected chi connectivity index (χ1v) is 5.79. The molecular weight excluding hydrogens is 200 g/mol. The summed E-state index contributed by atoms with van der Waals surface area (Å²) >= 11 is 0. The van der Waals surface area contributed by atoms with Gasteiger partial charge in [0, 0.05) is 5.56 Å². The maximum Gasteiger partial charge on any atom is 0.127 e. The van der Waals surface area contributed by atoms with Crippen LogP contribution >= 0.6 is 0 Å². The Morgan fingerprint density at radius 1 is 1.25 bits per heavy atom. The Kier molecular flexibility index (Phi) is 4.36. The second kappa shape index (κ2) is 5.35. The predicted molar refractivity (Wildman–Crippen MR) is 66.9 cm³/mol. The van der Waals surface area contributed by atoms with Crippen molar-refractivity contribution in [2.75, 3.05) is 7.11 Å². The molecule has 0 radical (unpaired) electrons. The Morgan fingerprint density at radius 3 is 2.38 bits per heavy atom. The van der Waals surface area contributed by atoms with Crippen LogP contribution in [0.25, 0.3) is 0 Å². The van der Waals surface area contributed by atoms with E-state index in [-0.39, 0.29) is 0 Å². The van der Waals surface area contributed by atoms with E-state index in [9.17, 15) is 5.11 Å². The predicted octanol–water partition coefficient (Wildman–Crippen LogP) is 3.39. The van der Waals surface area contributed by atoms with E-state index in [1.165, 1.54) is 5.56 Å². The Hall–Kier alpha value is -1.02. The topological polar surface area (TPSA) is 29.5 Å². The Labute approximate surface area is 98.3 Å². The van der Waals surface area contributed by atoms with E-state index in [0.29, 0.717) is 5.92 Å². The SMILES string of the molecule is COc1c(C(O)CC(C)C)ccc(C)c1C. The molecule has 90 valence electrons. The molecule has 0 bridgehead atoms. The third-order valence-electron chi connectivity index (χ3n) is 2.96. The Bertz CT molecular complexity index is 356. The van der Waals surface area contributed by atoms with Crippen molar-refractivity contribution in [1.29, 1.82) is 0 Å². The van der Waals surface area contributed by atoms with Gasteiger partial charge in [0.25, 0.3) is 0 Å². The van der Waals surface area contributed by atoms with Crippen molar-refractivity contribution in [2.24, 2.45) is 5.92 Å². The number of aliphatic hydroxyl groups excluding tert-OH is 1. The van der Waals surface area contributed by atoms with Gasteiger partial charge in [-0.05, 0) is 37.3 Å². The van der Waals surface area contributed by atoms with Crippen molar-refractivity contribution in [1.82, 2.24) is 0 Å². The highest BCUT2D eigenvalue weighted by Gasteiger charge is 2.16. The molecule has 1 rings (SSSR count). The Balaban J connectivity index is 3.08. The first-order valence-electron chi connectivity index (χ1n) is 5.79. The number of aliphatic hydroxyl groups is 1. The van der Waals surface area contributed by atoms with Crippen LogP contribution in [0.1, 0.15) is 43.1 Å². The van der Waals surface area contributed by atoms with Gasteiger partial charge >= 0.3 is 0 Å². The maximum atomic E-state index is 10.1. The van der Waals surface area contributed by atoms with Crippen LogP contribution < -0.4 is 4.74 Å². The quantitative estimate of drug-likeness (QED) is 0.846. The zero-order chi connectivity index (χ0) is 12.3. The fourth-order valence-electron chi connectivity index (χ4n) is 1.92. The summed E-state index contributed by atoms with van der Waals surface area (Å²) in [6.07, 6.45) is 0.327. The van der Waals surface area contributed by atoms with Crippen molar-refractivity contribution in [3.63, 3.8) is 0 Å². The molecule has 0 fully saturated rings. The molecule has 1 aromatic carbocycles. The highest BCUT2D eigenvalue weighted by atomic mass is 16.5. The number of methoxy groups -OCH3 is 1. The molecule has 0 spiro atoms. The molecule has 16 heavy (non-hydrogen) atoms. The van der Waals surface area contributed by atoms with Crippen LogP contribution in [-0.4, -0.2) is 12.2 Å². The average molecular weight is 222 g/mol. The van der Waals surface area contributed by atoms with Crippen LogP contribution in [0.2, 0.25) is 0 Å². The van der Waals surface area contributed by atoms with E-state index in [0.717, 1.165) is 23.3 Å². The maximum absolute atomic E-state index is 10.1. The van der Waals surface area contributed by atoms with Crippen molar-refractivity contribution in [2.45, 2.75) is 40.2 Å². The number of hydrogen-bond acceptors (Lipinski definition) is 2. The summed E-state index contributed by atoms with van der Waals surface area (Å²) in [6.45, 7) is 8.30. The van der Waals surface area contributed by atoms with Gasteiger partial charge in [-0.25, -0.2) is 0 Å². The minimum absolute atomic E-state index is 0.436. The number of benzene rings is 1. The van der Waals surface area contributed by atoms with Gasteiger partial charge in [-0.1, -0.05) is 26.0 Å². The lowest BCUT2D eigenvalue weighted by Crippen LogP contribution is -2.05. The van der Waals surface area contributed by atoms with Gasteiger partial charge < -0.3 is 9.84 Å². The zero-order valence-corrected chi connectivity index (χ0v) is 10.9. The molecule has 2 nitrogen and oxygen atoms in total. The third-order valence-corrected chi connectivity index (χ3v) is 2.96. The van der Waals surface area contributed by atoms with E-state index in [1.54, 1.807) is 7.11 Å². The van der Waals surface area contributed by atoms with E-state index in [4.69, 9.17) is 4.74 Å². The number of hydrogen-bond donors (Lipinski definition) is 1. The summed E-state index contributed by atoms with van der Waals surface area (Å²) < 4.78 is 5.40. The molecule has 2 heteroatoms. The van der Waals surface area contributed by atoms with Gasteiger partial charge in [-0.3, -0.25) is 0 Å². The van der Waals surface area contributed by atoms with Gasteiger partial charge in [-0.2, -0.15) is 0 Å². The lowest BCUT2D eigenvalue weighted by Gasteiger charge is -2.19. The van der Waals surface area contributed by atoms with Gasteiger partial charge in [0.2, 0.25) is 0 Å². The van der Waals surface area contributed by atoms with Crippen molar-refractivity contribution < 1.29 is 9.84 Å². The molecule has 0 amide bonds. The molecule has 1 aromatic rings. The van der Waals surface area contributed by atoms with E-state index < -0.39 is 6.10 Å². The van der Waals surface area contributed by atoms with Crippen LogP contribution in [0.4, 0.5) is 0 Å². The number of ether oxygens (including phenoxy) is 1. The second-order valence-corrected chi connectivity index (χ2v) is 4.78. The lowest BCUT2D eigenvalue weighted by molar-refractivity contribution is 0.147. The van der Waals surface area contributed by atoms with Gasteiger partial charge in [0.1, 0.15) is 5.75 Å². The smallest absolute Gasteiger partial charge is 0.127 e. The molecule has 1 N–H and O–H groups in total. The molecule has 0 saturated heterocycles. The minimum Gasteiger partial charge on any atom is -0.496 e. The summed E-state index contributed by atoms with van der Waals surface area (Å²) in [5, 5.41) is 10.1. The van der Waals surface area contributed by atoms with Crippen LogP contribution in [0.5, 0.6) is 5.75 Å². The van der Waals surface area contributed by atoms with Crippen LogP contribution in [-0.2, 0) is 0 Å². The molecule has 0 aliphatic heterocycles. The summed E-state index contributed by atoms with van der Waals surface area (Å²) in [5.74, 6) is 1.30. The van der Waals surface area contributed by atoms with E-state index in [2.05, 4.69) is 20.8 Å². The van der Waals surface area contributed by atoms with Gasteiger partial charge in [-0.15, -0.1) is 0 Å². The molecule has 0 aliphatic carbocycles. The van der Waals surface area contributed by atoms with Crippen LogP contribution in [0.15, 0.2) is 12.1 Å². The van der Waals surface area contributed by atoms with Gasteiger partial charge in [0.15, 0.2) is 0 Å². The zero-order valence-electron chi connectivity index (χ0n) is 10.9. The molecule has 0 heterocycles. The molecule has 0 aliphatic rings. The fourth-order valence-corrected chi connectivity index (χ4v) is 1.92. The second-order valence-electron chi connectivity index (χ2n) is 4.78. The first kappa shape index (κ1) is 13.0. The fraction of sp³-hybridized carbons (Fsp3) is 0.571. The minimum atomic E-state index is -0.436. The summed E-state index contributed by atoms with van der Waals surface area (Å²) in [7, 11) is 1.66. The normalized spacial score (nSPS) is 12.9. The molecule has 0 saturated carbocycles. The van der Waals surface area contributed by atoms with E-state index in [1.807, 2.05) is 19.1 Å². The van der Waals surface area contributed by atoms with Crippen molar-refractivity contribution in [3.8, 4) is 5.75 Å². The largest absolute Gasteiger partial charge is 0.496 e. The third kappa shape index (κ3) is 2.76. The standard InChI is InChI=1S/C14H22O2/c1-9(2)8-13(15)12-7-6-10(3)11(4)14(12)16-5/h6-7,9,13,15H,8H2,1-5H3. The molecule has 1 atom stereocenters. The Morgan fingerprint density at radius 2 is 1.88 bits per heavy atom. The van der Waals surface area contributed by atoms with E-state index >= 15 is 0 Å². The van der Waals surface area contributed by atoms with Gasteiger partial charge in [0.05, 0.1) is 13.2 Å². The van der Waals surface area contributed by atoms with Crippen molar-refractivity contribution >= 4 is 0 Å². The monoisotopic (exact) mass is 222 g/mol. The number of aryl methyl sites for hydroxylation is 1. The lowest BCUT2D eigenvalue weighted by atomic mass is 9.95. The first-order chi connectivity index (χ1) is 7.47. The summed E-state index contributed by atoms with van der Waals surface area (Å²) in [5.41, 5.74) is 3.21. The number of rotatable bonds is 4. The highest BCUT2D eigenvalue weighted by Crippen LogP contribution is 2.33. The summed E-state index contributed by atoms with van der Waals surface area (Å²) in [6, 6.07) is 4.00. The molecule has 1 unspecified atom stereocenters. The average Bonchev–Trinajstić information content (AvgIpc) is 2.20. The van der Waals surface area contributed by atoms with Crippen LogP contribution in [0.3, 0.4) is 0 Å². The van der Waals surface area contributed by atoms with Crippen molar-refractivity contribution in [3.05, 3.63) is 28.8 Å².